The lowest BCUT2D eigenvalue weighted by Crippen LogP contribution is -2.19. The summed E-state index contributed by atoms with van der Waals surface area (Å²) in [5, 5.41) is 2.96. The summed E-state index contributed by atoms with van der Waals surface area (Å²) in [4.78, 5) is 11.9. The van der Waals surface area contributed by atoms with Crippen LogP contribution in [0.4, 0.5) is 5.69 Å². The Morgan fingerprint density at radius 1 is 1.18 bits per heavy atom. The van der Waals surface area contributed by atoms with Gasteiger partial charge in [0.2, 0.25) is 5.91 Å². The van der Waals surface area contributed by atoms with E-state index in [4.69, 9.17) is 5.73 Å². The second-order valence-corrected chi connectivity index (χ2v) is 5.77. The Bertz CT molecular complexity index is 683. The Morgan fingerprint density at radius 2 is 1.91 bits per heavy atom. The first kappa shape index (κ1) is 16.5. The number of rotatable bonds is 4. The van der Waals surface area contributed by atoms with Crippen LogP contribution >= 0.6 is 12.4 Å². The van der Waals surface area contributed by atoms with Gasteiger partial charge < -0.3 is 11.1 Å². The molecule has 1 unspecified atom stereocenters. The van der Waals surface area contributed by atoms with Gasteiger partial charge in [-0.05, 0) is 54.2 Å². The van der Waals surface area contributed by atoms with Crippen molar-refractivity contribution in [3.05, 3.63) is 53.6 Å². The fraction of sp³-hybridized carbons (Fsp3) is 0.278. The van der Waals surface area contributed by atoms with E-state index in [1.807, 2.05) is 13.0 Å². The highest BCUT2D eigenvalue weighted by Crippen LogP contribution is 2.37. The molecular formula is C18H21ClN2O. The van der Waals surface area contributed by atoms with Gasteiger partial charge in [-0.25, -0.2) is 0 Å². The molecule has 1 atom stereocenters. The smallest absolute Gasteiger partial charge is 0.224 e. The maximum atomic E-state index is 11.9. The fourth-order valence-corrected chi connectivity index (χ4v) is 2.81. The minimum absolute atomic E-state index is 0. The lowest BCUT2D eigenvalue weighted by molar-refractivity contribution is -0.116. The molecule has 3 rings (SSSR count). The maximum Gasteiger partial charge on any atom is 0.224 e. The van der Waals surface area contributed by atoms with Gasteiger partial charge in [0.25, 0.3) is 0 Å². The zero-order valence-corrected chi connectivity index (χ0v) is 13.5. The molecule has 2 aromatic rings. The van der Waals surface area contributed by atoms with Gasteiger partial charge >= 0.3 is 0 Å². The quantitative estimate of drug-likeness (QED) is 0.770. The zero-order chi connectivity index (χ0) is 14.8. The first-order chi connectivity index (χ1) is 10.1. The number of nitrogens with two attached hydrogens (primary N) is 1. The molecule has 1 amide bonds. The molecule has 0 heterocycles. The summed E-state index contributed by atoms with van der Waals surface area (Å²) < 4.78 is 0. The van der Waals surface area contributed by atoms with Crippen molar-refractivity contribution in [2.45, 2.75) is 32.2 Å². The van der Waals surface area contributed by atoms with Crippen molar-refractivity contribution >= 4 is 24.0 Å². The number of halogens is 1. The highest BCUT2D eigenvalue weighted by atomic mass is 35.5. The van der Waals surface area contributed by atoms with Crippen molar-refractivity contribution in [1.29, 1.82) is 0 Å². The summed E-state index contributed by atoms with van der Waals surface area (Å²) in [6, 6.07) is 14.7. The number of amides is 1. The van der Waals surface area contributed by atoms with Gasteiger partial charge in [-0.15, -0.1) is 12.4 Å². The molecule has 1 aliphatic carbocycles. The normalized spacial score (nSPS) is 12.8. The predicted octanol–water partition coefficient (Wildman–Crippen LogP) is 3.75. The zero-order valence-electron chi connectivity index (χ0n) is 12.6. The average molecular weight is 317 g/mol. The molecule has 0 fully saturated rings. The van der Waals surface area contributed by atoms with Crippen LogP contribution in [0.25, 0.3) is 11.1 Å². The lowest BCUT2D eigenvalue weighted by Gasteiger charge is -2.09. The molecule has 0 saturated heterocycles. The van der Waals surface area contributed by atoms with E-state index < -0.39 is 0 Å². The van der Waals surface area contributed by atoms with Gasteiger partial charge in [-0.2, -0.15) is 0 Å². The maximum absolute atomic E-state index is 11.9. The van der Waals surface area contributed by atoms with E-state index in [0.717, 1.165) is 12.1 Å². The van der Waals surface area contributed by atoms with Crippen molar-refractivity contribution < 1.29 is 4.79 Å². The Hall–Kier alpha value is -1.84. The van der Waals surface area contributed by atoms with E-state index in [9.17, 15) is 4.79 Å². The van der Waals surface area contributed by atoms with E-state index in [-0.39, 0.29) is 24.4 Å². The molecule has 3 nitrogen and oxygen atoms in total. The number of hydrogen-bond acceptors (Lipinski definition) is 2. The van der Waals surface area contributed by atoms with Gasteiger partial charge in [-0.3, -0.25) is 4.79 Å². The van der Waals surface area contributed by atoms with E-state index in [2.05, 4.69) is 41.7 Å². The molecule has 116 valence electrons. The number of fused-ring (bicyclic) bond motifs is 3. The second-order valence-electron chi connectivity index (χ2n) is 5.77. The highest BCUT2D eigenvalue weighted by molar-refractivity contribution is 5.91. The molecule has 0 aromatic heterocycles. The molecule has 2 aromatic carbocycles. The standard InChI is InChI=1S/C18H20N2O.ClH/c1-12(19)6-9-18(21)20-15-7-8-17-14(11-15)10-13-4-2-3-5-16(13)17;/h2-5,7-8,11-12H,6,9-10,19H2,1H3,(H,20,21);1H. The van der Waals surface area contributed by atoms with Crippen LogP contribution < -0.4 is 11.1 Å². The van der Waals surface area contributed by atoms with E-state index in [1.165, 1.54) is 22.3 Å². The molecule has 0 radical (unpaired) electrons. The molecule has 4 heteroatoms. The number of hydrogen-bond donors (Lipinski definition) is 2. The second kappa shape index (κ2) is 6.95. The predicted molar refractivity (Wildman–Crippen MR) is 93.4 cm³/mol. The van der Waals surface area contributed by atoms with Crippen LogP contribution in [0.15, 0.2) is 42.5 Å². The number of benzene rings is 2. The number of carbonyl (C=O) groups is 1. The van der Waals surface area contributed by atoms with Crippen molar-refractivity contribution in [2.75, 3.05) is 5.32 Å². The number of nitrogens with one attached hydrogen (secondary N) is 1. The minimum Gasteiger partial charge on any atom is -0.328 e. The van der Waals surface area contributed by atoms with Crippen molar-refractivity contribution in [1.82, 2.24) is 0 Å². The molecule has 22 heavy (non-hydrogen) atoms. The Kier molecular flexibility index (Phi) is 5.22. The van der Waals surface area contributed by atoms with Crippen LogP contribution in [0.3, 0.4) is 0 Å². The summed E-state index contributed by atoms with van der Waals surface area (Å²) in [7, 11) is 0. The Labute approximate surface area is 137 Å². The molecule has 0 saturated carbocycles. The van der Waals surface area contributed by atoms with Crippen molar-refractivity contribution in [3.8, 4) is 11.1 Å². The van der Waals surface area contributed by atoms with Crippen LogP contribution in [0, 0.1) is 0 Å². The van der Waals surface area contributed by atoms with Gasteiger partial charge in [0.05, 0.1) is 0 Å². The number of carbonyl (C=O) groups excluding carboxylic acids is 1. The monoisotopic (exact) mass is 316 g/mol. The molecule has 0 spiro atoms. The summed E-state index contributed by atoms with van der Waals surface area (Å²) in [5.41, 5.74) is 11.8. The molecule has 1 aliphatic rings. The molecule has 0 aliphatic heterocycles. The summed E-state index contributed by atoms with van der Waals surface area (Å²) in [6.45, 7) is 1.92. The van der Waals surface area contributed by atoms with Gasteiger partial charge in [-0.1, -0.05) is 30.3 Å². The van der Waals surface area contributed by atoms with E-state index in [1.54, 1.807) is 0 Å². The summed E-state index contributed by atoms with van der Waals surface area (Å²) in [6.07, 6.45) is 2.12. The third kappa shape index (κ3) is 3.49. The van der Waals surface area contributed by atoms with Gasteiger partial charge in [0.15, 0.2) is 0 Å². The Balaban J connectivity index is 0.00000176. The molecular weight excluding hydrogens is 296 g/mol. The number of anilines is 1. The highest BCUT2D eigenvalue weighted by Gasteiger charge is 2.18. The van der Waals surface area contributed by atoms with Crippen molar-refractivity contribution in [3.63, 3.8) is 0 Å². The van der Waals surface area contributed by atoms with E-state index in [0.29, 0.717) is 12.8 Å². The third-order valence-electron chi connectivity index (χ3n) is 3.90. The first-order valence-electron chi connectivity index (χ1n) is 7.40. The fourth-order valence-electron chi connectivity index (χ4n) is 2.81. The first-order valence-corrected chi connectivity index (χ1v) is 7.40. The van der Waals surface area contributed by atoms with Crippen LogP contribution in [0.1, 0.15) is 30.9 Å². The van der Waals surface area contributed by atoms with Gasteiger partial charge in [0, 0.05) is 18.2 Å². The van der Waals surface area contributed by atoms with Crippen LogP contribution in [0.2, 0.25) is 0 Å². The largest absolute Gasteiger partial charge is 0.328 e. The topological polar surface area (TPSA) is 55.1 Å². The van der Waals surface area contributed by atoms with Crippen LogP contribution in [0.5, 0.6) is 0 Å². The Morgan fingerprint density at radius 3 is 2.68 bits per heavy atom. The average Bonchev–Trinajstić information content (AvgIpc) is 2.82. The third-order valence-corrected chi connectivity index (χ3v) is 3.90. The summed E-state index contributed by atoms with van der Waals surface area (Å²) in [5.74, 6) is 0.0303. The SMILES string of the molecule is CC(N)CCC(=O)Nc1ccc2c(c1)Cc1ccccc1-2.Cl. The lowest BCUT2D eigenvalue weighted by atomic mass is 10.1. The molecule has 0 bridgehead atoms. The van der Waals surface area contributed by atoms with Crippen LogP contribution in [-0.2, 0) is 11.2 Å². The minimum atomic E-state index is 0. The molecule has 3 N–H and O–H groups in total. The van der Waals surface area contributed by atoms with Crippen LogP contribution in [-0.4, -0.2) is 11.9 Å². The van der Waals surface area contributed by atoms with Crippen molar-refractivity contribution in [2.24, 2.45) is 5.73 Å². The van der Waals surface area contributed by atoms with Gasteiger partial charge in [0.1, 0.15) is 0 Å². The summed E-state index contributed by atoms with van der Waals surface area (Å²) >= 11 is 0. The van der Waals surface area contributed by atoms with E-state index >= 15 is 0 Å².